The number of nitrogens with zero attached hydrogens (tertiary/aromatic N) is 1. The standard InChI is InChI=1S/C22H26N2O5/c25-21(16-3-1-4-19(13-16)29-15-20-5-2-11-28-20)23-18-6-9-24(10-7-18)22(26)17-8-12-27-14-17/h1,3-4,8,12-14,18,20H,2,5-7,9-11,15H2,(H,23,25). The van der Waals surface area contributed by atoms with Gasteiger partial charge in [0.05, 0.1) is 17.9 Å². The summed E-state index contributed by atoms with van der Waals surface area (Å²) < 4.78 is 16.3. The molecule has 2 fully saturated rings. The summed E-state index contributed by atoms with van der Waals surface area (Å²) >= 11 is 0. The van der Waals surface area contributed by atoms with Gasteiger partial charge in [-0.1, -0.05) is 6.07 Å². The molecule has 7 nitrogen and oxygen atoms in total. The topological polar surface area (TPSA) is 81.0 Å². The van der Waals surface area contributed by atoms with Crippen molar-refractivity contribution in [1.29, 1.82) is 0 Å². The molecule has 29 heavy (non-hydrogen) atoms. The number of hydrogen-bond acceptors (Lipinski definition) is 5. The van der Waals surface area contributed by atoms with Gasteiger partial charge in [-0.3, -0.25) is 9.59 Å². The average molecular weight is 398 g/mol. The highest BCUT2D eigenvalue weighted by Gasteiger charge is 2.25. The van der Waals surface area contributed by atoms with E-state index in [1.54, 1.807) is 23.1 Å². The van der Waals surface area contributed by atoms with Gasteiger partial charge in [-0.15, -0.1) is 0 Å². The number of hydrogen-bond donors (Lipinski definition) is 1. The fourth-order valence-corrected chi connectivity index (χ4v) is 3.76. The van der Waals surface area contributed by atoms with E-state index in [1.807, 2.05) is 12.1 Å². The molecule has 3 heterocycles. The molecule has 2 aromatic rings. The first-order valence-corrected chi connectivity index (χ1v) is 10.2. The number of rotatable bonds is 6. The molecule has 0 bridgehead atoms. The molecule has 0 saturated carbocycles. The summed E-state index contributed by atoms with van der Waals surface area (Å²) in [6, 6.07) is 8.95. The van der Waals surface area contributed by atoms with Crippen LogP contribution in [-0.4, -0.2) is 55.2 Å². The summed E-state index contributed by atoms with van der Waals surface area (Å²) in [6.45, 7) is 2.52. The molecule has 1 unspecified atom stereocenters. The maximum atomic E-state index is 12.6. The van der Waals surface area contributed by atoms with Crippen LogP contribution in [0.5, 0.6) is 5.75 Å². The Hall–Kier alpha value is -2.80. The van der Waals surface area contributed by atoms with Crippen LogP contribution < -0.4 is 10.1 Å². The molecule has 0 aliphatic carbocycles. The first-order chi connectivity index (χ1) is 14.2. The van der Waals surface area contributed by atoms with Crippen LogP contribution >= 0.6 is 0 Å². The van der Waals surface area contributed by atoms with Crippen molar-refractivity contribution in [2.75, 3.05) is 26.3 Å². The lowest BCUT2D eigenvalue weighted by atomic mass is 10.0. The van der Waals surface area contributed by atoms with Crippen LogP contribution in [0.1, 0.15) is 46.4 Å². The normalized spacial score (nSPS) is 19.9. The number of furan rings is 1. The maximum absolute atomic E-state index is 12.6. The molecule has 0 radical (unpaired) electrons. The minimum atomic E-state index is -0.118. The number of piperidine rings is 1. The highest BCUT2D eigenvalue weighted by molar-refractivity contribution is 5.95. The third-order valence-electron chi connectivity index (χ3n) is 5.44. The minimum Gasteiger partial charge on any atom is -0.491 e. The van der Waals surface area contributed by atoms with Crippen LogP contribution in [0.25, 0.3) is 0 Å². The Morgan fingerprint density at radius 2 is 2.00 bits per heavy atom. The Morgan fingerprint density at radius 1 is 1.14 bits per heavy atom. The van der Waals surface area contributed by atoms with Crippen molar-refractivity contribution < 1.29 is 23.5 Å². The molecular weight excluding hydrogens is 372 g/mol. The van der Waals surface area contributed by atoms with Gasteiger partial charge in [-0.25, -0.2) is 0 Å². The summed E-state index contributed by atoms with van der Waals surface area (Å²) in [7, 11) is 0. The highest BCUT2D eigenvalue weighted by Crippen LogP contribution is 2.19. The number of ether oxygens (including phenoxy) is 2. The van der Waals surface area contributed by atoms with Crippen LogP contribution in [0.2, 0.25) is 0 Å². The predicted molar refractivity (Wildman–Crippen MR) is 106 cm³/mol. The minimum absolute atomic E-state index is 0.0281. The smallest absolute Gasteiger partial charge is 0.257 e. The molecule has 1 aromatic carbocycles. The van der Waals surface area contributed by atoms with Crippen LogP contribution in [0.15, 0.2) is 47.3 Å². The molecule has 2 aliphatic rings. The van der Waals surface area contributed by atoms with Crippen molar-refractivity contribution in [3.8, 4) is 5.75 Å². The second kappa shape index (κ2) is 9.13. The van der Waals surface area contributed by atoms with Gasteiger partial charge >= 0.3 is 0 Å². The summed E-state index contributed by atoms with van der Waals surface area (Å²) in [5.74, 6) is 0.528. The van der Waals surface area contributed by atoms with E-state index in [4.69, 9.17) is 13.9 Å². The van der Waals surface area contributed by atoms with Crippen LogP contribution in [0.4, 0.5) is 0 Å². The molecule has 1 N–H and O–H groups in total. The Morgan fingerprint density at radius 3 is 2.72 bits per heavy atom. The molecule has 154 valence electrons. The van der Waals surface area contributed by atoms with E-state index in [1.165, 1.54) is 12.5 Å². The van der Waals surface area contributed by atoms with Gasteiger partial charge in [0.1, 0.15) is 18.6 Å². The third-order valence-corrected chi connectivity index (χ3v) is 5.44. The summed E-state index contributed by atoms with van der Waals surface area (Å²) in [5, 5.41) is 3.08. The van der Waals surface area contributed by atoms with Crippen molar-refractivity contribution in [2.24, 2.45) is 0 Å². The van der Waals surface area contributed by atoms with Crippen LogP contribution in [0, 0.1) is 0 Å². The van der Waals surface area contributed by atoms with Crippen molar-refractivity contribution in [1.82, 2.24) is 10.2 Å². The highest BCUT2D eigenvalue weighted by atomic mass is 16.5. The molecule has 2 aliphatic heterocycles. The zero-order valence-corrected chi connectivity index (χ0v) is 16.3. The van der Waals surface area contributed by atoms with Crippen LogP contribution in [0.3, 0.4) is 0 Å². The van der Waals surface area contributed by atoms with Gasteiger partial charge in [0, 0.05) is 31.3 Å². The number of nitrogens with one attached hydrogen (secondary N) is 1. The summed E-state index contributed by atoms with van der Waals surface area (Å²) in [6.07, 6.45) is 6.64. The molecular formula is C22H26N2O5. The zero-order valence-electron chi connectivity index (χ0n) is 16.3. The van der Waals surface area contributed by atoms with Crippen molar-refractivity contribution in [3.05, 3.63) is 54.0 Å². The first-order valence-electron chi connectivity index (χ1n) is 10.2. The third kappa shape index (κ3) is 4.98. The molecule has 1 atom stereocenters. The first kappa shape index (κ1) is 19.5. The van der Waals surface area contributed by atoms with Crippen LogP contribution in [-0.2, 0) is 4.74 Å². The quantitative estimate of drug-likeness (QED) is 0.809. The second-order valence-corrected chi connectivity index (χ2v) is 7.53. The van der Waals surface area contributed by atoms with E-state index < -0.39 is 0 Å². The van der Waals surface area contributed by atoms with Crippen molar-refractivity contribution >= 4 is 11.8 Å². The monoisotopic (exact) mass is 398 g/mol. The van der Waals surface area contributed by atoms with E-state index in [9.17, 15) is 9.59 Å². The number of carbonyl (C=O) groups is 2. The number of carbonyl (C=O) groups excluding carboxylic acids is 2. The van der Waals surface area contributed by atoms with E-state index in [0.29, 0.717) is 36.6 Å². The van der Waals surface area contributed by atoms with Gasteiger partial charge in [0.2, 0.25) is 0 Å². The molecule has 4 rings (SSSR count). The SMILES string of the molecule is O=C(NC1CCN(C(=O)c2ccoc2)CC1)c1cccc(OCC2CCCO2)c1. The van der Waals surface area contributed by atoms with E-state index in [0.717, 1.165) is 32.3 Å². The zero-order chi connectivity index (χ0) is 20.1. The molecule has 2 saturated heterocycles. The molecule has 1 aromatic heterocycles. The second-order valence-electron chi connectivity index (χ2n) is 7.53. The van der Waals surface area contributed by atoms with Crippen molar-refractivity contribution in [2.45, 2.75) is 37.8 Å². The Labute approximate surface area is 170 Å². The lowest BCUT2D eigenvalue weighted by Gasteiger charge is -2.32. The largest absolute Gasteiger partial charge is 0.491 e. The Bertz CT molecular complexity index is 821. The Kier molecular flexibility index (Phi) is 6.14. The van der Waals surface area contributed by atoms with E-state index in [2.05, 4.69) is 5.32 Å². The van der Waals surface area contributed by atoms with E-state index in [-0.39, 0.29) is 24.0 Å². The Balaban J connectivity index is 1.26. The van der Waals surface area contributed by atoms with Gasteiger partial charge in [-0.05, 0) is 49.9 Å². The summed E-state index contributed by atoms with van der Waals surface area (Å²) in [5.41, 5.74) is 1.14. The van der Waals surface area contributed by atoms with Gasteiger partial charge < -0.3 is 24.1 Å². The number of amides is 2. The molecule has 0 spiro atoms. The fourth-order valence-electron chi connectivity index (χ4n) is 3.76. The average Bonchev–Trinajstić information content (AvgIpc) is 3.47. The molecule has 2 amide bonds. The molecule has 7 heteroatoms. The summed E-state index contributed by atoms with van der Waals surface area (Å²) in [4.78, 5) is 26.8. The van der Waals surface area contributed by atoms with E-state index >= 15 is 0 Å². The lowest BCUT2D eigenvalue weighted by molar-refractivity contribution is 0.0679. The lowest BCUT2D eigenvalue weighted by Crippen LogP contribution is -2.46. The number of benzene rings is 1. The number of likely N-dealkylation sites (tertiary alicyclic amines) is 1. The van der Waals surface area contributed by atoms with Gasteiger partial charge in [0.15, 0.2) is 0 Å². The maximum Gasteiger partial charge on any atom is 0.257 e. The van der Waals surface area contributed by atoms with Gasteiger partial charge in [0.25, 0.3) is 11.8 Å². The van der Waals surface area contributed by atoms with Gasteiger partial charge in [-0.2, -0.15) is 0 Å². The predicted octanol–water partition coefficient (Wildman–Crippen LogP) is 2.87. The fraction of sp³-hybridized carbons (Fsp3) is 0.455. The van der Waals surface area contributed by atoms with Crippen molar-refractivity contribution in [3.63, 3.8) is 0 Å².